The quantitative estimate of drug-likeness (QED) is 0.473. The van der Waals surface area contributed by atoms with E-state index < -0.39 is 30.2 Å². The van der Waals surface area contributed by atoms with E-state index in [4.69, 9.17) is 9.15 Å². The fourth-order valence-corrected chi connectivity index (χ4v) is 4.44. The van der Waals surface area contributed by atoms with Gasteiger partial charge in [-0.15, -0.1) is 0 Å². The normalized spacial score (nSPS) is 29.6. The van der Waals surface area contributed by atoms with Gasteiger partial charge in [-0.05, 0) is 25.3 Å². The Balaban J connectivity index is 1.86. The van der Waals surface area contributed by atoms with Crippen LogP contribution in [0.15, 0.2) is 58.4 Å². The molecule has 10 nitrogen and oxygen atoms in total. The maximum Gasteiger partial charge on any atom is 0.355 e. The predicted octanol–water partition coefficient (Wildman–Crippen LogP) is 2.45. The van der Waals surface area contributed by atoms with Crippen molar-refractivity contribution in [1.82, 2.24) is 15.2 Å². The van der Waals surface area contributed by atoms with Gasteiger partial charge in [-0.25, -0.2) is 9.78 Å². The van der Waals surface area contributed by atoms with Crippen LogP contribution in [-0.2, 0) is 20.7 Å². The smallest absolute Gasteiger partial charge is 0.355 e. The second-order valence-electron chi connectivity index (χ2n) is 10.0. The average Bonchev–Trinajstić information content (AvgIpc) is 3.52. The second-order valence-corrected chi connectivity index (χ2v) is 10.0. The van der Waals surface area contributed by atoms with Crippen molar-refractivity contribution in [3.63, 3.8) is 0 Å². The number of aromatic nitrogens is 1. The Morgan fingerprint density at radius 2 is 1.95 bits per heavy atom. The number of hydrogen-bond acceptors (Lipinski definition) is 8. The van der Waals surface area contributed by atoms with Gasteiger partial charge in [0.25, 0.3) is 5.91 Å². The van der Waals surface area contributed by atoms with Gasteiger partial charge >= 0.3 is 5.97 Å². The van der Waals surface area contributed by atoms with Crippen molar-refractivity contribution in [2.24, 2.45) is 11.8 Å². The van der Waals surface area contributed by atoms with E-state index >= 15 is 0 Å². The molecule has 0 radical (unpaired) electrons. The molecule has 3 rings (SSSR count). The number of allylic oxidation sites excluding steroid dienone is 2. The lowest BCUT2D eigenvalue weighted by atomic mass is 9.94. The molecule has 3 N–H and O–H groups in total. The molecule has 2 bridgehead atoms. The van der Waals surface area contributed by atoms with Gasteiger partial charge in [-0.2, -0.15) is 0 Å². The molecule has 0 fully saturated rings. The van der Waals surface area contributed by atoms with E-state index in [0.717, 1.165) is 5.57 Å². The number of oxazole rings is 1. The third-order valence-electron chi connectivity index (χ3n) is 6.33. The van der Waals surface area contributed by atoms with E-state index in [2.05, 4.69) is 10.3 Å². The highest BCUT2D eigenvalue weighted by molar-refractivity contribution is 6.00. The van der Waals surface area contributed by atoms with Crippen molar-refractivity contribution in [3.05, 3.63) is 65.6 Å². The first kappa shape index (κ1) is 29.1. The molecule has 0 saturated carbocycles. The fraction of sp³-hybridized carbons (Fsp3) is 0.500. The number of carbonyl (C=O) groups is 3. The molecule has 2 amide bonds. The molecule has 206 valence electrons. The summed E-state index contributed by atoms with van der Waals surface area (Å²) in [6, 6.07) is 0. The number of carbonyl (C=O) groups excluding carboxylic acids is 3. The summed E-state index contributed by atoms with van der Waals surface area (Å²) in [4.78, 5) is 44.0. The minimum atomic E-state index is -0.959. The molecule has 1 aromatic heterocycles. The van der Waals surface area contributed by atoms with Gasteiger partial charge in [0.05, 0.1) is 18.6 Å². The standard InChI is InChI=1S/C28H37N3O7/c1-17(2)26-19(4)9-10-24(34)29-11-5-7-18(3)13-20(32)14-21(33)15-25-30-22(16-37-25)27(35)31-12-6-8-23(31)28(36)38-26/h5,7-10,13,16-17,19-21,26,32-33H,6,11-12,14-15H2,1-4H3,(H,29,34)/b7-5+,10-9-,18-13-/t19-,20-,21-,26-/m1/s1. The lowest BCUT2D eigenvalue weighted by Gasteiger charge is -2.27. The Hall–Kier alpha value is -3.50. The van der Waals surface area contributed by atoms with E-state index in [0.29, 0.717) is 13.0 Å². The molecule has 3 heterocycles. The highest BCUT2D eigenvalue weighted by Gasteiger charge is 2.33. The summed E-state index contributed by atoms with van der Waals surface area (Å²) < 4.78 is 11.2. The summed E-state index contributed by atoms with van der Waals surface area (Å²) in [6.45, 7) is 8.08. The fourth-order valence-electron chi connectivity index (χ4n) is 4.44. The number of cyclic esters (lactones) is 1. The SMILES string of the molecule is CC1=C/[C@@H](O)C[C@@H](O)Cc2nc(co2)C(=O)N2CCC=C2C(=O)O[C@H](C(C)C)[C@H](C)/C=C\C(=O)NC\C=C\1. The van der Waals surface area contributed by atoms with Crippen LogP contribution in [0.2, 0.25) is 0 Å². The van der Waals surface area contributed by atoms with Crippen molar-refractivity contribution in [3.8, 4) is 0 Å². The average molecular weight is 528 g/mol. The number of fused-ring (bicyclic) bond motifs is 3. The number of ether oxygens (including phenoxy) is 1. The summed E-state index contributed by atoms with van der Waals surface area (Å²) in [6.07, 6.45) is 9.22. The minimum Gasteiger partial charge on any atom is -0.457 e. The number of rotatable bonds is 1. The maximum absolute atomic E-state index is 13.1. The molecule has 0 saturated heterocycles. The molecule has 2 aliphatic rings. The van der Waals surface area contributed by atoms with Gasteiger partial charge in [0.2, 0.25) is 5.91 Å². The Labute approximate surface area is 222 Å². The van der Waals surface area contributed by atoms with E-state index in [9.17, 15) is 24.6 Å². The van der Waals surface area contributed by atoms with E-state index in [1.807, 2.05) is 20.8 Å². The van der Waals surface area contributed by atoms with Gasteiger partial charge in [0.15, 0.2) is 11.6 Å². The van der Waals surface area contributed by atoms with E-state index in [1.54, 1.807) is 37.3 Å². The number of esters is 1. The lowest BCUT2D eigenvalue weighted by Crippen LogP contribution is -2.36. The Morgan fingerprint density at radius 3 is 2.68 bits per heavy atom. The zero-order valence-corrected chi connectivity index (χ0v) is 22.3. The van der Waals surface area contributed by atoms with Crippen molar-refractivity contribution in [2.75, 3.05) is 13.1 Å². The summed E-state index contributed by atoms with van der Waals surface area (Å²) in [7, 11) is 0. The summed E-state index contributed by atoms with van der Waals surface area (Å²) in [5.41, 5.74) is 0.909. The van der Waals surface area contributed by atoms with Crippen LogP contribution in [0.25, 0.3) is 0 Å². The topological polar surface area (TPSA) is 142 Å². The Morgan fingerprint density at radius 1 is 1.18 bits per heavy atom. The maximum atomic E-state index is 13.1. The molecular weight excluding hydrogens is 490 g/mol. The van der Waals surface area contributed by atoms with Crippen molar-refractivity contribution >= 4 is 17.8 Å². The molecule has 10 heteroatoms. The number of nitrogens with zero attached hydrogens (tertiary/aromatic N) is 2. The van der Waals surface area contributed by atoms with Crippen molar-refractivity contribution in [2.45, 2.75) is 65.3 Å². The largest absolute Gasteiger partial charge is 0.457 e. The van der Waals surface area contributed by atoms with Crippen molar-refractivity contribution < 1.29 is 33.8 Å². The first-order valence-electron chi connectivity index (χ1n) is 12.9. The van der Waals surface area contributed by atoms with Crippen molar-refractivity contribution in [1.29, 1.82) is 0 Å². The van der Waals surface area contributed by atoms with E-state index in [-0.39, 0.29) is 54.4 Å². The van der Waals surface area contributed by atoms with Gasteiger partial charge in [0.1, 0.15) is 18.1 Å². The van der Waals surface area contributed by atoms with Crippen LogP contribution in [-0.4, -0.2) is 69.3 Å². The van der Waals surface area contributed by atoms with Crippen LogP contribution in [0, 0.1) is 11.8 Å². The monoisotopic (exact) mass is 527 g/mol. The number of amides is 2. The van der Waals surface area contributed by atoms with Crippen LogP contribution >= 0.6 is 0 Å². The molecule has 0 spiro atoms. The zero-order valence-electron chi connectivity index (χ0n) is 22.3. The van der Waals surface area contributed by atoms with Gasteiger partial charge < -0.3 is 29.6 Å². The van der Waals surface area contributed by atoms with Crippen LogP contribution < -0.4 is 5.32 Å². The molecule has 2 aliphatic heterocycles. The molecule has 4 atom stereocenters. The molecule has 0 unspecified atom stereocenters. The summed E-state index contributed by atoms with van der Waals surface area (Å²) in [5.74, 6) is -1.58. The third kappa shape index (κ3) is 8.00. The highest BCUT2D eigenvalue weighted by atomic mass is 16.5. The van der Waals surface area contributed by atoms with Crippen LogP contribution in [0.5, 0.6) is 0 Å². The molecule has 38 heavy (non-hydrogen) atoms. The molecule has 1 aromatic rings. The Bertz CT molecular complexity index is 1130. The number of hydrogen-bond donors (Lipinski definition) is 3. The first-order chi connectivity index (χ1) is 18.0. The third-order valence-corrected chi connectivity index (χ3v) is 6.33. The van der Waals surface area contributed by atoms with Crippen LogP contribution in [0.4, 0.5) is 0 Å². The minimum absolute atomic E-state index is 0.00476. The van der Waals surface area contributed by atoms with Crippen LogP contribution in [0.3, 0.4) is 0 Å². The zero-order chi connectivity index (χ0) is 27.8. The Kier molecular flexibility index (Phi) is 10.2. The second kappa shape index (κ2) is 13.3. The molecule has 0 aromatic carbocycles. The number of aliphatic hydroxyl groups excluding tert-OH is 2. The van der Waals surface area contributed by atoms with Crippen LogP contribution in [0.1, 0.15) is 56.9 Å². The van der Waals surface area contributed by atoms with E-state index in [1.165, 1.54) is 17.2 Å². The number of nitrogens with one attached hydrogen (secondary N) is 1. The molecule has 0 aliphatic carbocycles. The first-order valence-corrected chi connectivity index (χ1v) is 12.9. The lowest BCUT2D eigenvalue weighted by molar-refractivity contribution is -0.149. The van der Waals surface area contributed by atoms with Gasteiger partial charge in [-0.3, -0.25) is 9.59 Å². The summed E-state index contributed by atoms with van der Waals surface area (Å²) in [5, 5.41) is 23.5. The highest BCUT2D eigenvalue weighted by Crippen LogP contribution is 2.24. The number of aliphatic hydroxyl groups is 2. The van der Waals surface area contributed by atoms with Gasteiger partial charge in [-0.1, -0.05) is 56.7 Å². The predicted molar refractivity (Wildman–Crippen MR) is 140 cm³/mol. The molecular formula is C28H37N3O7. The summed E-state index contributed by atoms with van der Waals surface area (Å²) >= 11 is 0. The van der Waals surface area contributed by atoms with Gasteiger partial charge in [0, 0.05) is 25.4 Å².